The molecular weight excluding hydrogens is 262 g/mol. The number of carbonyl (C=O) groups is 1. The van der Waals surface area contributed by atoms with Gasteiger partial charge in [0.25, 0.3) is 0 Å². The molecule has 0 atom stereocenters. The fourth-order valence-electron chi connectivity index (χ4n) is 2.43. The Morgan fingerprint density at radius 2 is 1.89 bits per heavy atom. The van der Waals surface area contributed by atoms with Gasteiger partial charge in [0.15, 0.2) is 0 Å². The van der Waals surface area contributed by atoms with Crippen molar-refractivity contribution in [1.82, 2.24) is 4.90 Å². The van der Waals surface area contributed by atoms with E-state index in [0.29, 0.717) is 6.61 Å². The molecule has 106 valence electrons. The van der Waals surface area contributed by atoms with Gasteiger partial charge in [-0.3, -0.25) is 9.69 Å². The summed E-state index contributed by atoms with van der Waals surface area (Å²) in [5.41, 5.74) is 1.34. The average Bonchev–Trinajstić information content (AvgIpc) is 2.41. The first-order chi connectivity index (χ1) is 8.79. The van der Waals surface area contributed by atoms with Crippen LogP contribution in [-0.2, 0) is 16.1 Å². The van der Waals surface area contributed by atoms with Gasteiger partial charge < -0.3 is 4.74 Å². The topological polar surface area (TPSA) is 29.5 Å². The van der Waals surface area contributed by atoms with Gasteiger partial charge in [-0.05, 0) is 38.4 Å². The minimum absolute atomic E-state index is 0. The van der Waals surface area contributed by atoms with E-state index in [9.17, 15) is 4.79 Å². The van der Waals surface area contributed by atoms with Crippen molar-refractivity contribution in [2.75, 3.05) is 19.7 Å². The summed E-state index contributed by atoms with van der Waals surface area (Å²) in [4.78, 5) is 14.0. The zero-order valence-electron chi connectivity index (χ0n) is 11.4. The highest BCUT2D eigenvalue weighted by Gasteiger charge is 2.25. The molecule has 2 rings (SSSR count). The molecule has 0 unspecified atom stereocenters. The summed E-state index contributed by atoms with van der Waals surface area (Å²) < 4.78 is 5.08. The van der Waals surface area contributed by atoms with Gasteiger partial charge in [0.1, 0.15) is 0 Å². The Morgan fingerprint density at radius 3 is 2.47 bits per heavy atom. The number of esters is 1. The van der Waals surface area contributed by atoms with Gasteiger partial charge in [-0.15, -0.1) is 12.4 Å². The number of hydrogen-bond donors (Lipinski definition) is 0. The van der Waals surface area contributed by atoms with Gasteiger partial charge in [0.05, 0.1) is 12.5 Å². The smallest absolute Gasteiger partial charge is 0.309 e. The highest BCUT2D eigenvalue weighted by atomic mass is 35.5. The molecule has 1 fully saturated rings. The Morgan fingerprint density at radius 1 is 1.26 bits per heavy atom. The molecule has 1 aliphatic heterocycles. The number of ether oxygens (including phenoxy) is 1. The summed E-state index contributed by atoms with van der Waals surface area (Å²) in [6.07, 6.45) is 1.84. The first-order valence-corrected chi connectivity index (χ1v) is 6.72. The maximum absolute atomic E-state index is 11.6. The molecule has 1 heterocycles. The predicted octanol–water partition coefficient (Wildman–Crippen LogP) is 2.88. The minimum Gasteiger partial charge on any atom is -0.466 e. The van der Waals surface area contributed by atoms with Crippen LogP contribution in [0.25, 0.3) is 0 Å². The lowest BCUT2D eigenvalue weighted by Gasteiger charge is -2.30. The van der Waals surface area contributed by atoms with Crippen LogP contribution in [0.2, 0.25) is 0 Å². The van der Waals surface area contributed by atoms with E-state index in [4.69, 9.17) is 4.74 Å². The Bertz CT molecular complexity index is 375. The SMILES string of the molecule is CCOC(=O)C1CCN(Cc2ccccc2)CC1.Cl. The number of halogens is 1. The van der Waals surface area contributed by atoms with Gasteiger partial charge in [0.2, 0.25) is 0 Å². The second-order valence-electron chi connectivity index (χ2n) is 4.79. The van der Waals surface area contributed by atoms with Gasteiger partial charge >= 0.3 is 5.97 Å². The number of piperidine rings is 1. The molecule has 19 heavy (non-hydrogen) atoms. The monoisotopic (exact) mass is 283 g/mol. The Balaban J connectivity index is 0.00000180. The van der Waals surface area contributed by atoms with Crippen LogP contribution >= 0.6 is 12.4 Å². The van der Waals surface area contributed by atoms with E-state index in [1.54, 1.807) is 0 Å². The highest BCUT2D eigenvalue weighted by Crippen LogP contribution is 2.20. The Hall–Kier alpha value is -1.06. The second kappa shape index (κ2) is 8.18. The highest BCUT2D eigenvalue weighted by molar-refractivity contribution is 5.85. The van der Waals surface area contributed by atoms with Crippen molar-refractivity contribution in [2.45, 2.75) is 26.3 Å². The van der Waals surface area contributed by atoms with E-state index in [2.05, 4.69) is 29.2 Å². The summed E-state index contributed by atoms with van der Waals surface area (Å²) in [5, 5.41) is 0. The first-order valence-electron chi connectivity index (χ1n) is 6.72. The third-order valence-corrected chi connectivity index (χ3v) is 3.46. The lowest BCUT2D eigenvalue weighted by atomic mass is 9.96. The molecule has 1 aromatic carbocycles. The van der Waals surface area contributed by atoms with Gasteiger partial charge in [-0.25, -0.2) is 0 Å². The van der Waals surface area contributed by atoms with Crippen LogP contribution in [0.4, 0.5) is 0 Å². The van der Waals surface area contributed by atoms with Gasteiger partial charge in [-0.2, -0.15) is 0 Å². The van der Waals surface area contributed by atoms with Crippen LogP contribution in [0.15, 0.2) is 30.3 Å². The van der Waals surface area contributed by atoms with Crippen LogP contribution in [0.3, 0.4) is 0 Å². The van der Waals surface area contributed by atoms with Crippen molar-refractivity contribution >= 4 is 18.4 Å². The zero-order valence-corrected chi connectivity index (χ0v) is 12.2. The predicted molar refractivity (Wildman–Crippen MR) is 78.3 cm³/mol. The maximum atomic E-state index is 11.6. The van der Waals surface area contributed by atoms with E-state index in [1.807, 2.05) is 13.0 Å². The molecule has 4 heteroatoms. The molecule has 0 saturated carbocycles. The molecule has 3 nitrogen and oxygen atoms in total. The Labute approximate surface area is 121 Å². The quantitative estimate of drug-likeness (QED) is 0.796. The molecule has 0 bridgehead atoms. The zero-order chi connectivity index (χ0) is 12.8. The lowest BCUT2D eigenvalue weighted by Crippen LogP contribution is -2.36. The number of likely N-dealkylation sites (tertiary alicyclic amines) is 1. The molecule has 0 aliphatic carbocycles. The molecule has 0 aromatic heterocycles. The van der Waals surface area contributed by atoms with Crippen LogP contribution in [0, 0.1) is 5.92 Å². The molecule has 0 radical (unpaired) electrons. The molecule has 1 aromatic rings. The standard InChI is InChI=1S/C15H21NO2.ClH/c1-2-18-15(17)14-8-10-16(11-9-14)12-13-6-4-3-5-7-13;/h3-7,14H,2,8-12H2,1H3;1H. The van der Waals surface area contributed by atoms with Crippen molar-refractivity contribution in [3.63, 3.8) is 0 Å². The van der Waals surface area contributed by atoms with Crippen molar-refractivity contribution in [2.24, 2.45) is 5.92 Å². The van der Waals surface area contributed by atoms with Crippen molar-refractivity contribution in [3.8, 4) is 0 Å². The number of benzene rings is 1. The second-order valence-corrected chi connectivity index (χ2v) is 4.79. The molecule has 0 amide bonds. The molecule has 1 aliphatic rings. The van der Waals surface area contributed by atoms with E-state index >= 15 is 0 Å². The van der Waals surface area contributed by atoms with Crippen molar-refractivity contribution in [3.05, 3.63) is 35.9 Å². The van der Waals surface area contributed by atoms with E-state index in [0.717, 1.165) is 32.5 Å². The fraction of sp³-hybridized carbons (Fsp3) is 0.533. The summed E-state index contributed by atoms with van der Waals surface area (Å²) in [6.45, 7) is 5.30. The molecule has 1 saturated heterocycles. The number of nitrogens with zero attached hydrogens (tertiary/aromatic N) is 1. The van der Waals surface area contributed by atoms with Gasteiger partial charge in [0, 0.05) is 6.54 Å². The van der Waals surface area contributed by atoms with E-state index in [-0.39, 0.29) is 24.3 Å². The van der Waals surface area contributed by atoms with Crippen LogP contribution in [0.1, 0.15) is 25.3 Å². The van der Waals surface area contributed by atoms with Crippen LogP contribution in [-0.4, -0.2) is 30.6 Å². The molecular formula is C15H22ClNO2. The number of carbonyl (C=O) groups excluding carboxylic acids is 1. The third kappa shape index (κ3) is 4.84. The number of hydrogen-bond acceptors (Lipinski definition) is 3. The largest absolute Gasteiger partial charge is 0.466 e. The molecule has 0 N–H and O–H groups in total. The van der Waals surface area contributed by atoms with E-state index in [1.165, 1.54) is 5.56 Å². The molecule has 0 spiro atoms. The average molecular weight is 284 g/mol. The summed E-state index contributed by atoms with van der Waals surface area (Å²) >= 11 is 0. The lowest BCUT2D eigenvalue weighted by molar-refractivity contribution is -0.149. The fourth-order valence-corrected chi connectivity index (χ4v) is 2.43. The summed E-state index contributed by atoms with van der Waals surface area (Å²) in [7, 11) is 0. The summed E-state index contributed by atoms with van der Waals surface area (Å²) in [5.74, 6) is 0.0915. The normalized spacial score (nSPS) is 16.7. The number of rotatable bonds is 4. The maximum Gasteiger partial charge on any atom is 0.309 e. The Kier molecular flexibility index (Phi) is 6.89. The van der Waals surface area contributed by atoms with E-state index < -0.39 is 0 Å². The van der Waals surface area contributed by atoms with Gasteiger partial charge in [-0.1, -0.05) is 30.3 Å². The third-order valence-electron chi connectivity index (χ3n) is 3.46. The van der Waals surface area contributed by atoms with Crippen LogP contribution < -0.4 is 0 Å². The first kappa shape index (κ1) is 16.0. The van der Waals surface area contributed by atoms with Crippen molar-refractivity contribution < 1.29 is 9.53 Å². The minimum atomic E-state index is -0.0168. The summed E-state index contributed by atoms with van der Waals surface area (Å²) in [6, 6.07) is 10.5. The van der Waals surface area contributed by atoms with Crippen molar-refractivity contribution in [1.29, 1.82) is 0 Å². The van der Waals surface area contributed by atoms with Crippen LogP contribution in [0.5, 0.6) is 0 Å².